The highest BCUT2D eigenvalue weighted by Gasteiger charge is 2.25. The number of aryl methyl sites for hydroxylation is 1. The lowest BCUT2D eigenvalue weighted by Crippen LogP contribution is -2.45. The van der Waals surface area contributed by atoms with Crippen LogP contribution in [-0.2, 0) is 6.54 Å². The second-order valence-electron chi connectivity index (χ2n) is 9.97. The molecule has 12 heteroatoms. The van der Waals surface area contributed by atoms with Crippen molar-refractivity contribution in [1.29, 1.82) is 0 Å². The number of benzene rings is 2. The van der Waals surface area contributed by atoms with Crippen LogP contribution < -0.4 is 16.0 Å². The predicted octanol–water partition coefficient (Wildman–Crippen LogP) is 3.89. The summed E-state index contributed by atoms with van der Waals surface area (Å²) in [5.41, 5.74) is 10.9. The first-order valence-corrected chi connectivity index (χ1v) is 14.0. The van der Waals surface area contributed by atoms with E-state index in [9.17, 15) is 9.59 Å². The molecular weight excluding hydrogens is 586 g/mol. The Morgan fingerprint density at radius 2 is 1.83 bits per heavy atom. The Bertz CT molecular complexity index is 1740. The highest BCUT2D eigenvalue weighted by atomic mass is 79.9. The molecule has 1 fully saturated rings. The zero-order valence-electron chi connectivity index (χ0n) is 22.3. The number of carbonyl (C=O) groups is 2. The van der Waals surface area contributed by atoms with Gasteiger partial charge in [0.25, 0.3) is 11.8 Å². The number of piperazine rings is 1. The van der Waals surface area contributed by atoms with Crippen molar-refractivity contribution in [3.8, 4) is 5.69 Å². The Hall–Kier alpha value is -4.55. The van der Waals surface area contributed by atoms with Crippen molar-refractivity contribution in [2.24, 2.45) is 5.73 Å². The van der Waals surface area contributed by atoms with Crippen LogP contribution in [0.5, 0.6) is 0 Å². The molecule has 1 saturated heterocycles. The van der Waals surface area contributed by atoms with Crippen LogP contribution in [0.1, 0.15) is 32.1 Å². The first-order valence-electron chi connectivity index (χ1n) is 13.2. The zero-order chi connectivity index (χ0) is 28.5. The van der Waals surface area contributed by atoms with Crippen LogP contribution in [0.15, 0.2) is 71.7 Å². The number of hydrogen-bond donors (Lipinski definition) is 3. The molecule has 0 aliphatic carbocycles. The second-order valence-corrected chi connectivity index (χ2v) is 10.9. The van der Waals surface area contributed by atoms with Crippen LogP contribution in [0, 0.1) is 6.92 Å². The summed E-state index contributed by atoms with van der Waals surface area (Å²) in [6.45, 7) is 6.53. The number of nitrogens with one attached hydrogen (secondary N) is 2. The molecule has 2 aromatic carbocycles. The molecular formula is C29H28BrN9O2. The highest BCUT2D eigenvalue weighted by molar-refractivity contribution is 9.10. The molecule has 4 heterocycles. The van der Waals surface area contributed by atoms with Gasteiger partial charge in [-0.25, -0.2) is 9.97 Å². The fourth-order valence-electron chi connectivity index (χ4n) is 5.10. The predicted molar refractivity (Wildman–Crippen MR) is 160 cm³/mol. The number of hydrogen-bond acceptors (Lipinski definition) is 7. The number of nitrogens with zero attached hydrogens (tertiary/aromatic N) is 6. The summed E-state index contributed by atoms with van der Waals surface area (Å²) in [5.74, 6) is -1.09. The van der Waals surface area contributed by atoms with Gasteiger partial charge in [0, 0.05) is 55.3 Å². The monoisotopic (exact) mass is 613 g/mol. The third-order valence-corrected chi connectivity index (χ3v) is 7.73. The van der Waals surface area contributed by atoms with Crippen LogP contribution in [0.25, 0.3) is 16.7 Å². The molecule has 4 N–H and O–H groups in total. The molecule has 0 radical (unpaired) electrons. The molecule has 1 aliphatic rings. The van der Waals surface area contributed by atoms with Crippen LogP contribution in [0.2, 0.25) is 0 Å². The van der Waals surface area contributed by atoms with E-state index in [0.717, 1.165) is 59.5 Å². The summed E-state index contributed by atoms with van der Waals surface area (Å²) < 4.78 is 2.38. The molecule has 6 rings (SSSR count). The molecule has 208 valence electrons. The molecule has 0 atom stereocenters. The number of amides is 2. The van der Waals surface area contributed by atoms with E-state index in [4.69, 9.17) is 5.73 Å². The molecule has 1 aliphatic heterocycles. The van der Waals surface area contributed by atoms with Gasteiger partial charge in [0.1, 0.15) is 12.0 Å². The van der Waals surface area contributed by atoms with Crippen molar-refractivity contribution >= 4 is 50.4 Å². The lowest BCUT2D eigenvalue weighted by molar-refractivity contribution is 0.0970. The first-order chi connectivity index (χ1) is 19.9. The number of fused-ring (bicyclic) bond motifs is 1. The summed E-state index contributed by atoms with van der Waals surface area (Å²) in [4.78, 5) is 46.4. The Balaban J connectivity index is 1.19. The number of H-pyrrole nitrogens is 1. The Kier molecular flexibility index (Phi) is 7.25. The van der Waals surface area contributed by atoms with Gasteiger partial charge in [-0.05, 0) is 60.5 Å². The number of halogens is 1. The number of rotatable bonds is 7. The standard InChI is InChI=1S/C29H28BrN9O2/c1-18-2-3-20(30)14-24(18)39-17-33-25(27(31)40)26(39)28(41)36-29-34-22-5-4-21(15-23(22)35-29)38-12-10-37(11-13-38)16-19-6-8-32-9-7-19/h2-9,14-15,17H,10-13,16H2,1H3,(H2,31,40)(H2,34,35,36,41). The SMILES string of the molecule is Cc1ccc(Br)cc1-n1cnc(C(N)=O)c1C(=O)Nc1nc2cc(N3CCN(Cc4ccncc4)CC3)ccc2[nH]1. The fourth-order valence-corrected chi connectivity index (χ4v) is 5.45. The molecule has 3 aromatic heterocycles. The summed E-state index contributed by atoms with van der Waals surface area (Å²) in [6.07, 6.45) is 5.08. The van der Waals surface area contributed by atoms with Crippen molar-refractivity contribution in [3.05, 3.63) is 94.2 Å². The maximum absolute atomic E-state index is 13.5. The van der Waals surface area contributed by atoms with Crippen molar-refractivity contribution in [1.82, 2.24) is 29.4 Å². The van der Waals surface area contributed by atoms with Crippen molar-refractivity contribution in [2.75, 3.05) is 36.4 Å². The van der Waals surface area contributed by atoms with E-state index in [2.05, 4.69) is 69.2 Å². The van der Waals surface area contributed by atoms with Gasteiger partial charge in [-0.3, -0.25) is 29.4 Å². The van der Waals surface area contributed by atoms with Crippen LogP contribution in [0.3, 0.4) is 0 Å². The number of anilines is 2. The average Bonchev–Trinajstić information content (AvgIpc) is 3.59. The maximum Gasteiger partial charge on any atom is 0.277 e. The highest BCUT2D eigenvalue weighted by Crippen LogP contribution is 2.26. The molecule has 2 amide bonds. The number of pyridine rings is 1. The van der Waals surface area contributed by atoms with E-state index in [0.29, 0.717) is 5.69 Å². The number of aromatic nitrogens is 5. The zero-order valence-corrected chi connectivity index (χ0v) is 23.9. The Morgan fingerprint density at radius 3 is 2.59 bits per heavy atom. The van der Waals surface area contributed by atoms with Gasteiger partial charge in [0.15, 0.2) is 5.69 Å². The molecule has 41 heavy (non-hydrogen) atoms. The summed E-state index contributed by atoms with van der Waals surface area (Å²) in [5, 5.41) is 2.79. The lowest BCUT2D eigenvalue weighted by Gasteiger charge is -2.36. The molecule has 0 saturated carbocycles. The van der Waals surface area contributed by atoms with Crippen molar-refractivity contribution in [2.45, 2.75) is 13.5 Å². The topological polar surface area (TPSA) is 138 Å². The average molecular weight is 615 g/mol. The van der Waals surface area contributed by atoms with E-state index in [1.54, 1.807) is 4.57 Å². The summed E-state index contributed by atoms with van der Waals surface area (Å²) >= 11 is 3.47. The number of aromatic amines is 1. The van der Waals surface area contributed by atoms with Gasteiger partial charge in [0.05, 0.1) is 16.7 Å². The van der Waals surface area contributed by atoms with Crippen molar-refractivity contribution < 1.29 is 9.59 Å². The van der Waals surface area contributed by atoms with Gasteiger partial charge in [-0.15, -0.1) is 0 Å². The molecule has 11 nitrogen and oxygen atoms in total. The van der Waals surface area contributed by atoms with Gasteiger partial charge in [0.2, 0.25) is 5.95 Å². The second kappa shape index (κ2) is 11.1. The van der Waals surface area contributed by atoms with Crippen LogP contribution >= 0.6 is 15.9 Å². The van der Waals surface area contributed by atoms with Gasteiger partial charge < -0.3 is 15.6 Å². The summed E-state index contributed by atoms with van der Waals surface area (Å²) in [7, 11) is 0. The number of primary amides is 1. The van der Waals surface area contributed by atoms with Gasteiger partial charge >= 0.3 is 0 Å². The van der Waals surface area contributed by atoms with Gasteiger partial charge in [-0.1, -0.05) is 22.0 Å². The van der Waals surface area contributed by atoms with Gasteiger partial charge in [-0.2, -0.15) is 0 Å². The quantitative estimate of drug-likeness (QED) is 0.253. The Labute approximate surface area is 244 Å². The van der Waals surface area contributed by atoms with E-state index in [1.165, 1.54) is 11.9 Å². The van der Waals surface area contributed by atoms with E-state index in [1.807, 2.05) is 49.6 Å². The Morgan fingerprint density at radius 1 is 1.05 bits per heavy atom. The molecule has 5 aromatic rings. The van der Waals surface area contributed by atoms with E-state index in [-0.39, 0.29) is 17.3 Å². The fraction of sp³-hybridized carbons (Fsp3) is 0.207. The third kappa shape index (κ3) is 5.56. The minimum absolute atomic E-state index is 0.0319. The van der Waals surface area contributed by atoms with Crippen LogP contribution in [0.4, 0.5) is 11.6 Å². The largest absolute Gasteiger partial charge is 0.369 e. The minimum Gasteiger partial charge on any atom is -0.369 e. The minimum atomic E-state index is -0.795. The first kappa shape index (κ1) is 26.7. The molecule has 0 bridgehead atoms. The molecule has 0 unspecified atom stereocenters. The van der Waals surface area contributed by atoms with Crippen molar-refractivity contribution in [3.63, 3.8) is 0 Å². The number of carbonyl (C=O) groups excluding carboxylic acids is 2. The smallest absolute Gasteiger partial charge is 0.277 e. The number of imidazole rings is 2. The van der Waals surface area contributed by atoms with E-state index >= 15 is 0 Å². The van der Waals surface area contributed by atoms with Crippen LogP contribution in [-0.4, -0.2) is 67.4 Å². The third-order valence-electron chi connectivity index (χ3n) is 7.24. The normalized spacial score (nSPS) is 14.0. The number of nitrogens with two attached hydrogens (primary N) is 1. The van der Waals surface area contributed by atoms with E-state index < -0.39 is 11.8 Å². The molecule has 0 spiro atoms. The summed E-state index contributed by atoms with van der Waals surface area (Å²) in [6, 6.07) is 15.8. The lowest BCUT2D eigenvalue weighted by atomic mass is 10.2. The maximum atomic E-state index is 13.5.